The lowest BCUT2D eigenvalue weighted by Crippen LogP contribution is -2.42. The van der Waals surface area contributed by atoms with Crippen LogP contribution in [0, 0.1) is 6.92 Å². The molecule has 8 heteroatoms. The Kier molecular flexibility index (Phi) is 4.99. The van der Waals surface area contributed by atoms with Crippen molar-refractivity contribution in [2.45, 2.75) is 33.1 Å². The van der Waals surface area contributed by atoms with E-state index in [0.717, 1.165) is 22.2 Å². The van der Waals surface area contributed by atoms with Gasteiger partial charge in [0.1, 0.15) is 0 Å². The number of aryl methyl sites for hydroxylation is 2. The minimum absolute atomic E-state index is 0.146. The topological polar surface area (TPSA) is 105 Å². The zero-order chi connectivity index (χ0) is 21.4. The van der Waals surface area contributed by atoms with Gasteiger partial charge in [0, 0.05) is 29.8 Å². The Balaban J connectivity index is 1.54. The van der Waals surface area contributed by atoms with Gasteiger partial charge in [-0.1, -0.05) is 32.0 Å². The molecule has 3 N–H and O–H groups in total. The molecule has 0 aliphatic heterocycles. The summed E-state index contributed by atoms with van der Waals surface area (Å²) in [5.74, 6) is -0.550. The zero-order valence-electron chi connectivity index (χ0n) is 17.4. The second-order valence-electron chi connectivity index (χ2n) is 7.70. The van der Waals surface area contributed by atoms with Crippen LogP contribution >= 0.6 is 0 Å². The molecule has 0 aliphatic rings. The molecule has 0 spiro atoms. The monoisotopic (exact) mass is 404 g/mol. The molecule has 0 radical (unpaired) electrons. The number of pyridine rings is 1. The molecule has 30 heavy (non-hydrogen) atoms. The maximum atomic E-state index is 12.9. The summed E-state index contributed by atoms with van der Waals surface area (Å²) in [5.41, 5.74) is 9.50. The lowest BCUT2D eigenvalue weighted by atomic mass is 10.0. The molecule has 1 aromatic carbocycles. The fourth-order valence-corrected chi connectivity index (χ4v) is 3.63. The molecule has 0 saturated carbocycles. The van der Waals surface area contributed by atoms with E-state index in [-0.39, 0.29) is 18.2 Å². The van der Waals surface area contributed by atoms with Gasteiger partial charge in [0.05, 0.1) is 23.1 Å². The second-order valence-corrected chi connectivity index (χ2v) is 7.70. The van der Waals surface area contributed by atoms with E-state index in [2.05, 4.69) is 25.9 Å². The lowest BCUT2D eigenvalue weighted by Gasteiger charge is -2.11. The number of fused-ring (bicyclic) bond motifs is 2. The van der Waals surface area contributed by atoms with Gasteiger partial charge in [-0.05, 0) is 30.5 Å². The van der Waals surface area contributed by atoms with Crippen LogP contribution in [0.3, 0.4) is 0 Å². The van der Waals surface area contributed by atoms with Crippen LogP contribution < -0.4 is 10.9 Å². The number of aromatic amines is 1. The highest BCUT2D eigenvalue weighted by atomic mass is 16.2. The van der Waals surface area contributed by atoms with E-state index in [0.29, 0.717) is 22.3 Å². The van der Waals surface area contributed by atoms with Crippen molar-refractivity contribution in [3.63, 3.8) is 0 Å². The van der Waals surface area contributed by atoms with Gasteiger partial charge >= 0.3 is 0 Å². The largest absolute Gasteiger partial charge is 0.361 e. The van der Waals surface area contributed by atoms with Crippen molar-refractivity contribution in [2.24, 2.45) is 7.05 Å². The van der Waals surface area contributed by atoms with Gasteiger partial charge in [-0.15, -0.1) is 0 Å². The average molecular weight is 404 g/mol. The molecule has 4 rings (SSSR count). The number of aromatic nitrogens is 4. The van der Waals surface area contributed by atoms with Gasteiger partial charge in [-0.2, -0.15) is 5.10 Å². The minimum atomic E-state index is -0.396. The summed E-state index contributed by atoms with van der Waals surface area (Å²) in [5, 5.41) is 6.06. The lowest BCUT2D eigenvalue weighted by molar-refractivity contribution is -0.121. The van der Waals surface area contributed by atoms with E-state index < -0.39 is 5.91 Å². The third-order valence-corrected chi connectivity index (χ3v) is 5.17. The number of hydrazine groups is 1. The number of nitrogens with one attached hydrogen (secondary N) is 3. The first-order chi connectivity index (χ1) is 14.3. The van der Waals surface area contributed by atoms with E-state index >= 15 is 0 Å². The third kappa shape index (κ3) is 3.52. The van der Waals surface area contributed by atoms with E-state index in [1.807, 2.05) is 51.2 Å². The Labute approximate surface area is 173 Å². The summed E-state index contributed by atoms with van der Waals surface area (Å²) < 4.78 is 1.67. The SMILES string of the molecule is Cc1nn(C)c2nc(C(C)C)cc(C(=O)NNC(=O)Cc3c[nH]c4ccccc34)c12. The number of carbonyl (C=O) groups excluding carboxylic acids is 2. The fourth-order valence-electron chi connectivity index (χ4n) is 3.63. The number of hydrogen-bond acceptors (Lipinski definition) is 4. The summed E-state index contributed by atoms with van der Waals surface area (Å²) >= 11 is 0. The predicted octanol–water partition coefficient (Wildman–Crippen LogP) is 2.89. The van der Waals surface area contributed by atoms with Crippen LogP contribution in [0.1, 0.15) is 47.1 Å². The Hall–Kier alpha value is -3.68. The fraction of sp³-hybridized carbons (Fsp3) is 0.273. The van der Waals surface area contributed by atoms with Gasteiger partial charge < -0.3 is 4.98 Å². The van der Waals surface area contributed by atoms with Crippen molar-refractivity contribution in [3.8, 4) is 0 Å². The Morgan fingerprint density at radius 2 is 1.97 bits per heavy atom. The maximum Gasteiger partial charge on any atom is 0.270 e. The van der Waals surface area contributed by atoms with E-state index in [1.54, 1.807) is 17.8 Å². The number of para-hydroxylation sites is 1. The summed E-state index contributed by atoms with van der Waals surface area (Å²) in [7, 11) is 1.80. The Bertz CT molecular complexity index is 1270. The van der Waals surface area contributed by atoms with E-state index in [4.69, 9.17) is 0 Å². The highest BCUT2D eigenvalue weighted by Crippen LogP contribution is 2.24. The number of amides is 2. The first-order valence-electron chi connectivity index (χ1n) is 9.83. The van der Waals surface area contributed by atoms with Crippen LogP contribution in [-0.4, -0.2) is 31.6 Å². The van der Waals surface area contributed by atoms with Crippen LogP contribution in [0.2, 0.25) is 0 Å². The molecular formula is C22H24N6O2. The highest BCUT2D eigenvalue weighted by Gasteiger charge is 2.20. The van der Waals surface area contributed by atoms with Crippen LogP contribution in [0.15, 0.2) is 36.5 Å². The van der Waals surface area contributed by atoms with Gasteiger partial charge in [0.2, 0.25) is 5.91 Å². The second kappa shape index (κ2) is 7.62. The molecule has 0 atom stereocenters. The molecule has 4 aromatic rings. The highest BCUT2D eigenvalue weighted by molar-refractivity contribution is 6.07. The molecule has 0 unspecified atom stereocenters. The molecule has 3 heterocycles. The Morgan fingerprint density at radius 1 is 1.20 bits per heavy atom. The van der Waals surface area contributed by atoms with E-state index in [9.17, 15) is 9.59 Å². The number of rotatable bonds is 4. The number of nitrogens with zero attached hydrogens (tertiary/aromatic N) is 3. The van der Waals surface area contributed by atoms with Gasteiger partial charge in [0.25, 0.3) is 5.91 Å². The molecule has 0 fully saturated rings. The zero-order valence-corrected chi connectivity index (χ0v) is 17.4. The molecule has 0 bridgehead atoms. The van der Waals surface area contributed by atoms with Crippen molar-refractivity contribution in [3.05, 3.63) is 59.0 Å². The van der Waals surface area contributed by atoms with Crippen molar-refractivity contribution >= 4 is 33.8 Å². The molecular weight excluding hydrogens is 380 g/mol. The van der Waals surface area contributed by atoms with Crippen molar-refractivity contribution in [1.29, 1.82) is 0 Å². The van der Waals surface area contributed by atoms with Crippen LogP contribution in [0.4, 0.5) is 0 Å². The molecule has 154 valence electrons. The number of hydrogen-bond donors (Lipinski definition) is 3. The number of H-pyrrole nitrogens is 1. The summed E-state index contributed by atoms with van der Waals surface area (Å²) in [6.07, 6.45) is 1.96. The first kappa shape index (κ1) is 19.6. The van der Waals surface area contributed by atoms with Crippen molar-refractivity contribution in [1.82, 2.24) is 30.6 Å². The van der Waals surface area contributed by atoms with Crippen LogP contribution in [-0.2, 0) is 18.3 Å². The standard InChI is InChI=1S/C22H24N6O2/c1-12(2)18-10-16(20-13(3)27-28(4)21(20)24-18)22(30)26-25-19(29)9-14-11-23-17-8-6-5-7-15(14)17/h5-8,10-12,23H,9H2,1-4H3,(H,25,29)(H,26,30). The average Bonchev–Trinajstić information content (AvgIpc) is 3.26. The van der Waals surface area contributed by atoms with Gasteiger partial charge in [0.15, 0.2) is 5.65 Å². The number of benzene rings is 1. The van der Waals surface area contributed by atoms with Crippen LogP contribution in [0.25, 0.3) is 21.9 Å². The predicted molar refractivity (Wildman–Crippen MR) is 115 cm³/mol. The van der Waals surface area contributed by atoms with E-state index in [1.165, 1.54) is 0 Å². The van der Waals surface area contributed by atoms with Crippen molar-refractivity contribution < 1.29 is 9.59 Å². The molecule has 3 aromatic heterocycles. The molecule has 2 amide bonds. The third-order valence-electron chi connectivity index (χ3n) is 5.17. The molecule has 8 nitrogen and oxygen atoms in total. The summed E-state index contributed by atoms with van der Waals surface area (Å²) in [4.78, 5) is 33.1. The molecule has 0 saturated heterocycles. The van der Waals surface area contributed by atoms with Crippen LogP contribution in [0.5, 0.6) is 0 Å². The number of carbonyl (C=O) groups is 2. The smallest absolute Gasteiger partial charge is 0.270 e. The first-order valence-corrected chi connectivity index (χ1v) is 9.83. The maximum absolute atomic E-state index is 12.9. The Morgan fingerprint density at radius 3 is 2.73 bits per heavy atom. The minimum Gasteiger partial charge on any atom is -0.361 e. The van der Waals surface area contributed by atoms with Gasteiger partial charge in [-0.3, -0.25) is 25.1 Å². The summed E-state index contributed by atoms with van der Waals surface area (Å²) in [6, 6.07) is 9.54. The summed E-state index contributed by atoms with van der Waals surface area (Å²) in [6.45, 7) is 5.87. The van der Waals surface area contributed by atoms with Gasteiger partial charge in [-0.25, -0.2) is 4.98 Å². The quantitative estimate of drug-likeness (QED) is 0.455. The molecule has 0 aliphatic carbocycles. The van der Waals surface area contributed by atoms with Crippen molar-refractivity contribution in [2.75, 3.05) is 0 Å². The normalized spacial score (nSPS) is 11.4.